The average Bonchev–Trinajstić information content (AvgIpc) is 2.18. The third-order valence-corrected chi connectivity index (χ3v) is 2.70. The van der Waals surface area contributed by atoms with Crippen LogP contribution in [0.1, 0.15) is 19.3 Å². The van der Waals surface area contributed by atoms with Gasteiger partial charge in [0.2, 0.25) is 0 Å². The molecule has 0 bridgehead atoms. The van der Waals surface area contributed by atoms with Gasteiger partial charge in [0.05, 0.1) is 5.03 Å². The van der Waals surface area contributed by atoms with Crippen LogP contribution in [0.25, 0.3) is 0 Å². The molecule has 0 saturated heterocycles. The van der Waals surface area contributed by atoms with Crippen LogP contribution in [-0.4, -0.2) is 21.8 Å². The van der Waals surface area contributed by atoms with Gasteiger partial charge in [-0.3, -0.25) is 4.79 Å². The molecule has 1 heterocycles. The maximum atomic E-state index is 10.2. The molecule has 0 unspecified atom stereocenters. The summed E-state index contributed by atoms with van der Waals surface area (Å²) in [5.74, 6) is 0.220. The van der Waals surface area contributed by atoms with Crippen LogP contribution in [0.3, 0.4) is 0 Å². The number of pyridine rings is 1. The van der Waals surface area contributed by atoms with E-state index in [9.17, 15) is 4.79 Å². The first-order chi connectivity index (χ1) is 6.79. The van der Waals surface area contributed by atoms with Crippen molar-refractivity contribution in [1.82, 2.24) is 4.98 Å². The summed E-state index contributed by atoms with van der Waals surface area (Å²) in [6.07, 6.45) is 3.70. The molecule has 76 valence electrons. The molecule has 0 aliphatic rings. The first kappa shape index (κ1) is 11.0. The molecule has 0 radical (unpaired) electrons. The second kappa shape index (κ2) is 6.43. The lowest BCUT2D eigenvalue weighted by molar-refractivity contribution is -0.137. The third-order valence-electron chi connectivity index (χ3n) is 1.67. The Hall–Kier alpha value is -1.03. The molecule has 14 heavy (non-hydrogen) atoms. The first-order valence-electron chi connectivity index (χ1n) is 4.54. The molecule has 1 aromatic heterocycles. The number of carbonyl (C=O) groups is 1. The van der Waals surface area contributed by atoms with Crippen molar-refractivity contribution in [2.24, 2.45) is 0 Å². The fraction of sp³-hybridized carbons (Fsp3) is 0.400. The van der Waals surface area contributed by atoms with Crippen molar-refractivity contribution in [2.45, 2.75) is 24.3 Å². The largest absolute Gasteiger partial charge is 0.481 e. The lowest BCUT2D eigenvalue weighted by atomic mass is 10.3. The van der Waals surface area contributed by atoms with Gasteiger partial charge in [-0.2, -0.15) is 0 Å². The molecule has 4 heteroatoms. The van der Waals surface area contributed by atoms with E-state index >= 15 is 0 Å². The molecule has 0 spiro atoms. The van der Waals surface area contributed by atoms with Crippen LogP contribution in [0.2, 0.25) is 0 Å². The Morgan fingerprint density at radius 3 is 2.93 bits per heavy atom. The zero-order chi connectivity index (χ0) is 10.2. The Balaban J connectivity index is 2.08. The lowest BCUT2D eigenvalue weighted by Crippen LogP contribution is -1.94. The Bertz CT molecular complexity index is 277. The lowest BCUT2D eigenvalue weighted by Gasteiger charge is -1.98. The highest BCUT2D eigenvalue weighted by molar-refractivity contribution is 7.99. The molecule has 1 aromatic rings. The average molecular weight is 211 g/mol. The number of aliphatic carboxylic acids is 1. The second-order valence-corrected chi connectivity index (χ2v) is 3.98. The topological polar surface area (TPSA) is 50.2 Å². The molecular weight excluding hydrogens is 198 g/mol. The number of unbranched alkanes of at least 4 members (excludes halogenated alkanes) is 1. The Kier molecular flexibility index (Phi) is 5.07. The van der Waals surface area contributed by atoms with Gasteiger partial charge in [-0.05, 0) is 30.7 Å². The predicted octanol–water partition coefficient (Wildman–Crippen LogP) is 2.43. The summed E-state index contributed by atoms with van der Waals surface area (Å²) in [4.78, 5) is 14.4. The maximum absolute atomic E-state index is 10.2. The zero-order valence-electron chi connectivity index (χ0n) is 7.85. The highest BCUT2D eigenvalue weighted by Crippen LogP contribution is 2.15. The number of hydrogen-bond acceptors (Lipinski definition) is 3. The highest BCUT2D eigenvalue weighted by Gasteiger charge is 1.97. The van der Waals surface area contributed by atoms with Crippen LogP contribution >= 0.6 is 11.8 Å². The minimum Gasteiger partial charge on any atom is -0.481 e. The normalized spacial score (nSPS) is 10.0. The van der Waals surface area contributed by atoms with E-state index in [4.69, 9.17) is 5.11 Å². The third kappa shape index (κ3) is 4.87. The van der Waals surface area contributed by atoms with E-state index < -0.39 is 5.97 Å². The minimum atomic E-state index is -0.715. The van der Waals surface area contributed by atoms with Gasteiger partial charge in [-0.1, -0.05) is 6.07 Å². The van der Waals surface area contributed by atoms with Crippen molar-refractivity contribution in [2.75, 3.05) is 5.75 Å². The molecular formula is C10H13NO2S. The summed E-state index contributed by atoms with van der Waals surface area (Å²) < 4.78 is 0. The van der Waals surface area contributed by atoms with Gasteiger partial charge < -0.3 is 5.11 Å². The number of hydrogen-bond donors (Lipinski definition) is 1. The van der Waals surface area contributed by atoms with E-state index in [0.717, 1.165) is 23.6 Å². The summed E-state index contributed by atoms with van der Waals surface area (Å²) in [6.45, 7) is 0. The van der Waals surface area contributed by atoms with Gasteiger partial charge in [0.15, 0.2) is 0 Å². The standard InChI is InChI=1S/C10H13NO2S/c12-10(13)6-2-4-8-14-9-5-1-3-7-11-9/h1,3,5,7H,2,4,6,8H2,(H,12,13). The van der Waals surface area contributed by atoms with Gasteiger partial charge in [-0.15, -0.1) is 11.8 Å². The molecule has 0 atom stereocenters. The summed E-state index contributed by atoms with van der Waals surface area (Å²) in [5.41, 5.74) is 0. The van der Waals surface area contributed by atoms with Crippen molar-refractivity contribution in [3.63, 3.8) is 0 Å². The van der Waals surface area contributed by atoms with Crippen LogP contribution in [0.5, 0.6) is 0 Å². The van der Waals surface area contributed by atoms with Gasteiger partial charge in [0.1, 0.15) is 0 Å². The number of carboxylic acid groups (broad SMARTS) is 1. The quantitative estimate of drug-likeness (QED) is 0.580. The molecule has 0 aliphatic carbocycles. The monoisotopic (exact) mass is 211 g/mol. The number of aromatic nitrogens is 1. The molecule has 0 aliphatic heterocycles. The van der Waals surface area contributed by atoms with Crippen molar-refractivity contribution < 1.29 is 9.90 Å². The Morgan fingerprint density at radius 2 is 2.29 bits per heavy atom. The molecule has 1 N–H and O–H groups in total. The van der Waals surface area contributed by atoms with Crippen molar-refractivity contribution >= 4 is 17.7 Å². The van der Waals surface area contributed by atoms with Crippen LogP contribution < -0.4 is 0 Å². The SMILES string of the molecule is O=C(O)CCCCSc1ccccn1. The van der Waals surface area contributed by atoms with Crippen molar-refractivity contribution in [3.05, 3.63) is 24.4 Å². The minimum absolute atomic E-state index is 0.267. The summed E-state index contributed by atoms with van der Waals surface area (Å²) >= 11 is 1.67. The Labute approximate surface area is 87.6 Å². The van der Waals surface area contributed by atoms with E-state index in [1.807, 2.05) is 18.2 Å². The molecule has 0 saturated carbocycles. The fourth-order valence-electron chi connectivity index (χ4n) is 0.987. The van der Waals surface area contributed by atoms with Crippen molar-refractivity contribution in [1.29, 1.82) is 0 Å². The fourth-order valence-corrected chi connectivity index (χ4v) is 1.86. The Morgan fingerprint density at radius 1 is 1.43 bits per heavy atom. The smallest absolute Gasteiger partial charge is 0.303 e. The maximum Gasteiger partial charge on any atom is 0.303 e. The van der Waals surface area contributed by atoms with E-state index in [0.29, 0.717) is 0 Å². The van der Waals surface area contributed by atoms with Gasteiger partial charge in [-0.25, -0.2) is 4.98 Å². The van der Waals surface area contributed by atoms with E-state index in [2.05, 4.69) is 4.98 Å². The van der Waals surface area contributed by atoms with E-state index in [-0.39, 0.29) is 6.42 Å². The van der Waals surface area contributed by atoms with Crippen molar-refractivity contribution in [3.8, 4) is 0 Å². The van der Waals surface area contributed by atoms with Crippen LogP contribution in [-0.2, 0) is 4.79 Å². The molecule has 0 aromatic carbocycles. The summed E-state index contributed by atoms with van der Waals surface area (Å²) in [6, 6.07) is 5.79. The van der Waals surface area contributed by atoms with E-state index in [1.54, 1.807) is 18.0 Å². The van der Waals surface area contributed by atoms with Gasteiger partial charge in [0, 0.05) is 12.6 Å². The number of thioether (sulfide) groups is 1. The highest BCUT2D eigenvalue weighted by atomic mass is 32.2. The van der Waals surface area contributed by atoms with Crippen LogP contribution in [0.4, 0.5) is 0 Å². The summed E-state index contributed by atoms with van der Waals surface area (Å²) in [5, 5.41) is 9.41. The zero-order valence-corrected chi connectivity index (χ0v) is 8.67. The predicted molar refractivity (Wildman–Crippen MR) is 56.4 cm³/mol. The summed E-state index contributed by atoms with van der Waals surface area (Å²) in [7, 11) is 0. The van der Waals surface area contributed by atoms with Crippen LogP contribution in [0.15, 0.2) is 29.4 Å². The number of rotatable bonds is 6. The molecule has 0 amide bonds. The second-order valence-electron chi connectivity index (χ2n) is 2.87. The first-order valence-corrected chi connectivity index (χ1v) is 5.53. The van der Waals surface area contributed by atoms with Gasteiger partial charge in [0.25, 0.3) is 0 Å². The molecule has 1 rings (SSSR count). The van der Waals surface area contributed by atoms with Crippen LogP contribution in [0, 0.1) is 0 Å². The molecule has 3 nitrogen and oxygen atoms in total. The number of nitrogens with zero attached hydrogens (tertiary/aromatic N) is 1. The number of carboxylic acids is 1. The van der Waals surface area contributed by atoms with Gasteiger partial charge >= 0.3 is 5.97 Å². The van der Waals surface area contributed by atoms with E-state index in [1.165, 1.54) is 0 Å². The molecule has 0 fully saturated rings.